The Morgan fingerprint density at radius 2 is 1.80 bits per heavy atom. The molecule has 11 nitrogen and oxygen atoms in total. The van der Waals surface area contributed by atoms with Crippen molar-refractivity contribution in [1.82, 2.24) is 10.2 Å². The van der Waals surface area contributed by atoms with Gasteiger partial charge in [0.15, 0.2) is 0 Å². The number of nitrogens with one attached hydrogen (secondary N) is 1. The molecule has 2 N–H and O–H groups in total. The number of benzene rings is 2. The van der Waals surface area contributed by atoms with E-state index in [-0.39, 0.29) is 41.6 Å². The molecule has 2 aliphatic rings. The number of fused-ring (bicyclic) bond motifs is 1. The second-order valence-electron chi connectivity index (χ2n) is 10.3. The first-order valence-corrected chi connectivity index (χ1v) is 13.0. The van der Waals surface area contributed by atoms with Gasteiger partial charge in [-0.25, -0.2) is 0 Å². The van der Waals surface area contributed by atoms with Crippen molar-refractivity contribution in [3.8, 4) is 0 Å². The van der Waals surface area contributed by atoms with Crippen LogP contribution in [0.2, 0.25) is 0 Å². The first-order valence-electron chi connectivity index (χ1n) is 13.0. The molecule has 4 rings (SSSR count). The summed E-state index contributed by atoms with van der Waals surface area (Å²) in [5.41, 5.74) is -1.08. The van der Waals surface area contributed by atoms with Gasteiger partial charge in [0.2, 0.25) is 5.91 Å². The van der Waals surface area contributed by atoms with Gasteiger partial charge >= 0.3 is 5.97 Å². The van der Waals surface area contributed by atoms with Gasteiger partial charge in [0.1, 0.15) is 5.54 Å². The van der Waals surface area contributed by atoms with Crippen LogP contribution in [-0.4, -0.2) is 56.4 Å². The molecular formula is C29H30N4O7. The Hall–Kier alpha value is -4.67. The summed E-state index contributed by atoms with van der Waals surface area (Å²) in [5.74, 6) is -3.85. The molecule has 0 radical (unpaired) electrons. The molecule has 208 valence electrons. The number of hydrogen-bond donors (Lipinski definition) is 2. The quantitative estimate of drug-likeness (QED) is 0.233. The smallest absolute Gasteiger partial charge is 0.303 e. The van der Waals surface area contributed by atoms with E-state index in [1.54, 1.807) is 12.2 Å². The predicted octanol–water partition coefficient (Wildman–Crippen LogP) is 3.78. The standard InChI is InChI=1S/C29H30N4O7/c1-18(2)15-23(26(36)30-17-19-7-4-3-5-8-19)29(13-6-14-31-29)24(11-12-25(34)35)32-27(37)21-10-9-20(33(39)40)16-22(21)28(32)38/h3-10,13-14,16,18,23-24H,11-12,15,17H2,1-2H3,(H,30,36)(H,34,35). The molecule has 2 heterocycles. The number of non-ortho nitro benzene ring substituents is 1. The average molecular weight is 547 g/mol. The van der Waals surface area contributed by atoms with E-state index in [0.29, 0.717) is 6.42 Å². The minimum atomic E-state index is -1.44. The number of amides is 3. The number of aliphatic carboxylic acids is 1. The lowest BCUT2D eigenvalue weighted by atomic mass is 9.72. The van der Waals surface area contributed by atoms with Crippen molar-refractivity contribution < 1.29 is 29.2 Å². The molecule has 3 amide bonds. The number of rotatable bonds is 12. The maximum Gasteiger partial charge on any atom is 0.303 e. The van der Waals surface area contributed by atoms with Crippen LogP contribution in [0.1, 0.15) is 59.4 Å². The summed E-state index contributed by atoms with van der Waals surface area (Å²) in [4.78, 5) is 69.0. The first-order chi connectivity index (χ1) is 19.0. The predicted molar refractivity (Wildman–Crippen MR) is 146 cm³/mol. The molecule has 2 aliphatic heterocycles. The van der Waals surface area contributed by atoms with Crippen LogP contribution in [-0.2, 0) is 16.1 Å². The fourth-order valence-electron chi connectivity index (χ4n) is 5.40. The molecule has 3 unspecified atom stereocenters. The van der Waals surface area contributed by atoms with Gasteiger partial charge in [0.25, 0.3) is 17.5 Å². The molecular weight excluding hydrogens is 516 g/mol. The van der Waals surface area contributed by atoms with Crippen molar-refractivity contribution in [1.29, 1.82) is 0 Å². The molecule has 2 aromatic rings. The zero-order valence-electron chi connectivity index (χ0n) is 22.1. The van der Waals surface area contributed by atoms with E-state index in [1.807, 2.05) is 44.2 Å². The molecule has 0 saturated carbocycles. The third-order valence-corrected chi connectivity index (χ3v) is 7.23. The lowest BCUT2D eigenvalue weighted by molar-refractivity contribution is -0.384. The van der Waals surface area contributed by atoms with Gasteiger partial charge in [0.05, 0.1) is 28.0 Å². The van der Waals surface area contributed by atoms with Gasteiger partial charge < -0.3 is 10.4 Å². The Kier molecular flexibility index (Phi) is 8.22. The Morgan fingerprint density at radius 1 is 1.10 bits per heavy atom. The highest BCUT2D eigenvalue weighted by atomic mass is 16.6. The number of nitro benzene ring substituents is 1. The summed E-state index contributed by atoms with van der Waals surface area (Å²) in [6.45, 7) is 4.11. The van der Waals surface area contributed by atoms with Crippen LogP contribution in [0.4, 0.5) is 5.69 Å². The average Bonchev–Trinajstić information content (AvgIpc) is 3.51. The highest BCUT2D eigenvalue weighted by Crippen LogP contribution is 2.42. The lowest BCUT2D eigenvalue weighted by Gasteiger charge is -2.43. The maximum atomic E-state index is 13.8. The summed E-state index contributed by atoms with van der Waals surface area (Å²) in [7, 11) is 0. The van der Waals surface area contributed by atoms with Crippen LogP contribution in [0.5, 0.6) is 0 Å². The van der Waals surface area contributed by atoms with E-state index in [2.05, 4.69) is 10.3 Å². The summed E-state index contributed by atoms with van der Waals surface area (Å²) >= 11 is 0. The van der Waals surface area contributed by atoms with E-state index in [9.17, 15) is 34.4 Å². The third kappa shape index (κ3) is 5.54. The minimum Gasteiger partial charge on any atom is -0.481 e. The fraction of sp³-hybridized carbons (Fsp3) is 0.345. The summed E-state index contributed by atoms with van der Waals surface area (Å²) in [6, 6.07) is 11.6. The molecule has 0 aliphatic carbocycles. The minimum absolute atomic E-state index is 0.0125. The fourth-order valence-corrected chi connectivity index (χ4v) is 5.40. The van der Waals surface area contributed by atoms with Crippen LogP contribution >= 0.6 is 0 Å². The zero-order valence-corrected chi connectivity index (χ0v) is 22.1. The number of aliphatic imine (C=N–C) groups is 1. The Balaban J connectivity index is 1.77. The highest BCUT2D eigenvalue weighted by molar-refractivity contribution is 6.22. The van der Waals surface area contributed by atoms with Gasteiger partial charge in [-0.3, -0.25) is 39.2 Å². The highest BCUT2D eigenvalue weighted by Gasteiger charge is 2.54. The van der Waals surface area contributed by atoms with E-state index < -0.39 is 46.6 Å². The van der Waals surface area contributed by atoms with E-state index >= 15 is 0 Å². The van der Waals surface area contributed by atoms with Gasteiger partial charge in [-0.05, 0) is 36.5 Å². The summed E-state index contributed by atoms with van der Waals surface area (Å²) < 4.78 is 0. The van der Waals surface area contributed by atoms with Crippen molar-refractivity contribution in [2.45, 2.75) is 51.2 Å². The second-order valence-corrected chi connectivity index (χ2v) is 10.3. The molecule has 0 spiro atoms. The lowest BCUT2D eigenvalue weighted by Crippen LogP contribution is -2.59. The molecule has 11 heteroatoms. The van der Waals surface area contributed by atoms with Crippen molar-refractivity contribution in [2.24, 2.45) is 16.8 Å². The number of hydrogen-bond acceptors (Lipinski definition) is 7. The number of carboxylic acid groups (broad SMARTS) is 1. The Bertz CT molecular complexity index is 1390. The molecule has 0 fully saturated rings. The first kappa shape index (κ1) is 28.3. The number of carbonyl (C=O) groups is 4. The maximum absolute atomic E-state index is 13.8. The SMILES string of the molecule is CC(C)CC(C(=O)NCc1ccccc1)C1(C(CCC(=O)O)N2C(=O)c3ccc([N+](=O)[O-])cc3C2=O)C=CC=N1. The number of carboxylic acids is 1. The number of nitro groups is 1. The van der Waals surface area contributed by atoms with Crippen LogP contribution in [0, 0.1) is 22.0 Å². The van der Waals surface area contributed by atoms with Gasteiger partial charge in [-0.15, -0.1) is 0 Å². The molecule has 2 aromatic carbocycles. The van der Waals surface area contributed by atoms with E-state index in [0.717, 1.165) is 22.6 Å². The second kappa shape index (κ2) is 11.6. The Labute approximate surface area is 230 Å². The monoisotopic (exact) mass is 546 g/mol. The van der Waals surface area contributed by atoms with Crippen molar-refractivity contribution in [3.63, 3.8) is 0 Å². The molecule has 0 bridgehead atoms. The number of carbonyl (C=O) groups excluding carboxylic acids is 3. The van der Waals surface area contributed by atoms with Crippen molar-refractivity contribution in [3.05, 3.63) is 87.5 Å². The van der Waals surface area contributed by atoms with Crippen molar-refractivity contribution >= 4 is 35.6 Å². The normalized spacial score (nSPS) is 19.1. The summed E-state index contributed by atoms with van der Waals surface area (Å²) in [6.07, 6.45) is 4.51. The third-order valence-electron chi connectivity index (χ3n) is 7.23. The number of imide groups is 1. The van der Waals surface area contributed by atoms with Crippen LogP contribution in [0.15, 0.2) is 65.7 Å². The van der Waals surface area contributed by atoms with E-state index in [4.69, 9.17) is 0 Å². The van der Waals surface area contributed by atoms with Crippen LogP contribution < -0.4 is 5.32 Å². The topological polar surface area (TPSA) is 159 Å². The van der Waals surface area contributed by atoms with Gasteiger partial charge in [-0.1, -0.05) is 50.3 Å². The molecule has 0 saturated heterocycles. The number of nitrogens with zero attached hydrogens (tertiary/aromatic N) is 3. The largest absolute Gasteiger partial charge is 0.481 e. The van der Waals surface area contributed by atoms with Gasteiger partial charge in [-0.2, -0.15) is 0 Å². The molecule has 0 aromatic heterocycles. The molecule has 40 heavy (non-hydrogen) atoms. The zero-order chi connectivity index (χ0) is 29.0. The Morgan fingerprint density at radius 3 is 2.40 bits per heavy atom. The van der Waals surface area contributed by atoms with E-state index in [1.165, 1.54) is 12.3 Å². The number of allylic oxidation sites excluding steroid dienone is 1. The summed E-state index contributed by atoms with van der Waals surface area (Å²) in [5, 5.41) is 23.8. The van der Waals surface area contributed by atoms with Crippen molar-refractivity contribution in [2.75, 3.05) is 0 Å². The van der Waals surface area contributed by atoms with Crippen LogP contribution in [0.25, 0.3) is 0 Å². The van der Waals surface area contributed by atoms with Crippen LogP contribution in [0.3, 0.4) is 0 Å². The van der Waals surface area contributed by atoms with Gasteiger partial charge in [0, 0.05) is 31.3 Å². The molecule has 3 atom stereocenters.